The van der Waals surface area contributed by atoms with Gasteiger partial charge in [0.15, 0.2) is 11.9 Å². The van der Waals surface area contributed by atoms with Crippen LogP contribution in [0.1, 0.15) is 35.6 Å². The number of aliphatic hydroxyl groups excluding tert-OH is 1. The molecule has 0 radical (unpaired) electrons. The summed E-state index contributed by atoms with van der Waals surface area (Å²) < 4.78 is 0. The highest BCUT2D eigenvalue weighted by Gasteiger charge is 2.30. The maximum absolute atomic E-state index is 10.7. The van der Waals surface area contributed by atoms with Gasteiger partial charge < -0.3 is 19.8 Å². The van der Waals surface area contributed by atoms with Gasteiger partial charge in [0.2, 0.25) is 5.96 Å². The Hall–Kier alpha value is -3.12. The van der Waals surface area contributed by atoms with Crippen LogP contribution in [0.15, 0.2) is 47.5 Å². The molecule has 0 aromatic heterocycles. The quantitative estimate of drug-likeness (QED) is 0.447. The lowest BCUT2D eigenvalue weighted by Crippen LogP contribution is -2.51. The van der Waals surface area contributed by atoms with Gasteiger partial charge in [0.25, 0.3) is 0 Å². The molecule has 2 aromatic carbocycles. The van der Waals surface area contributed by atoms with Crippen molar-refractivity contribution in [2.75, 3.05) is 19.6 Å². The zero-order chi connectivity index (χ0) is 21.2. The van der Waals surface area contributed by atoms with Gasteiger partial charge in [0, 0.05) is 37.8 Å². The summed E-state index contributed by atoms with van der Waals surface area (Å²) in [5.74, 6) is 1.32. The van der Waals surface area contributed by atoms with E-state index in [2.05, 4.69) is 26.2 Å². The lowest BCUT2D eigenvalue weighted by atomic mass is 10.00. The minimum absolute atomic E-state index is 0.298. The Kier molecular flexibility index (Phi) is 5.47. The fraction of sp³-hybridized carbons (Fsp3) is 0.391. The number of likely N-dealkylation sites (tertiary alicyclic amines) is 1. The lowest BCUT2D eigenvalue weighted by molar-refractivity contribution is -0.194. The average Bonchev–Trinajstić information content (AvgIpc) is 3.27. The second-order valence-corrected chi connectivity index (χ2v) is 8.19. The number of hydrogen-bond acceptors (Lipinski definition) is 8. The molecule has 160 valence electrons. The fourth-order valence-electron chi connectivity index (χ4n) is 4.54. The highest BCUT2D eigenvalue weighted by molar-refractivity contribution is 5.86. The molecular weight excluding hydrogens is 394 g/mol. The van der Waals surface area contributed by atoms with Gasteiger partial charge in [-0.3, -0.25) is 5.32 Å². The van der Waals surface area contributed by atoms with Crippen LogP contribution in [0.25, 0.3) is 0 Å². The number of aliphatic imine (C=N–C) groups is 1. The Bertz CT molecular complexity index is 1030. The van der Waals surface area contributed by atoms with Gasteiger partial charge in [-0.15, -0.1) is 0 Å². The molecule has 0 spiro atoms. The molecular formula is C23H25N5O3. The number of nitriles is 1. The first-order valence-electron chi connectivity index (χ1n) is 10.6. The van der Waals surface area contributed by atoms with Gasteiger partial charge >= 0.3 is 0 Å². The molecule has 1 fully saturated rings. The molecule has 5 rings (SSSR count). The van der Waals surface area contributed by atoms with Crippen molar-refractivity contribution in [2.45, 2.75) is 38.1 Å². The Morgan fingerprint density at radius 2 is 2.03 bits per heavy atom. The largest absolute Gasteiger partial charge is 0.387 e. The number of aliphatic hydroxyl groups is 1. The monoisotopic (exact) mass is 419 g/mol. The third kappa shape index (κ3) is 4.08. The summed E-state index contributed by atoms with van der Waals surface area (Å²) in [4.78, 5) is 19.3. The Labute approximate surface area is 181 Å². The number of piperidine rings is 1. The van der Waals surface area contributed by atoms with Crippen LogP contribution in [0.3, 0.4) is 0 Å². The molecule has 0 bridgehead atoms. The molecule has 1 atom stereocenters. The van der Waals surface area contributed by atoms with Gasteiger partial charge in [0.05, 0.1) is 11.8 Å². The number of nitrogens with one attached hydrogen (secondary N) is 1. The van der Waals surface area contributed by atoms with Crippen molar-refractivity contribution in [3.05, 3.63) is 59.2 Å². The van der Waals surface area contributed by atoms with Crippen molar-refractivity contribution < 1.29 is 14.9 Å². The normalized spacial score (nSPS) is 19.6. The van der Waals surface area contributed by atoms with E-state index in [9.17, 15) is 5.11 Å². The first kappa shape index (κ1) is 19.8. The van der Waals surface area contributed by atoms with Crippen molar-refractivity contribution in [1.29, 1.82) is 5.26 Å². The SMILES string of the molecule is N#CNC1=Nc2ccccc2CN1C1CCN(CC(O)c2ccc3c(c2)OOC3)CC1. The molecule has 1 saturated heterocycles. The topological polar surface area (TPSA) is 93.4 Å². The summed E-state index contributed by atoms with van der Waals surface area (Å²) in [5, 5.41) is 22.7. The molecule has 0 amide bonds. The highest BCUT2D eigenvalue weighted by atomic mass is 17.2. The second kappa shape index (κ2) is 8.55. The average molecular weight is 419 g/mol. The maximum atomic E-state index is 10.7. The molecule has 0 saturated carbocycles. The Morgan fingerprint density at radius 3 is 2.87 bits per heavy atom. The van der Waals surface area contributed by atoms with Crippen LogP contribution in [0, 0.1) is 11.5 Å². The summed E-state index contributed by atoms with van der Waals surface area (Å²) in [5.41, 5.74) is 3.93. The van der Waals surface area contributed by atoms with Crippen molar-refractivity contribution >= 4 is 11.6 Å². The van der Waals surface area contributed by atoms with E-state index in [0.29, 0.717) is 30.9 Å². The first-order chi connectivity index (χ1) is 15.2. The number of hydrogen-bond donors (Lipinski definition) is 2. The van der Waals surface area contributed by atoms with Crippen LogP contribution in [0.4, 0.5) is 5.69 Å². The third-order valence-corrected chi connectivity index (χ3v) is 6.27. The molecule has 3 heterocycles. The summed E-state index contributed by atoms with van der Waals surface area (Å²) in [7, 11) is 0. The fourth-order valence-corrected chi connectivity index (χ4v) is 4.54. The van der Waals surface area contributed by atoms with Crippen LogP contribution in [-0.4, -0.2) is 46.5 Å². The summed E-state index contributed by atoms with van der Waals surface area (Å²) in [6, 6.07) is 14.1. The van der Waals surface area contributed by atoms with Crippen LogP contribution in [0.5, 0.6) is 5.75 Å². The van der Waals surface area contributed by atoms with E-state index in [1.54, 1.807) is 0 Å². The summed E-state index contributed by atoms with van der Waals surface area (Å²) >= 11 is 0. The second-order valence-electron chi connectivity index (χ2n) is 8.19. The minimum atomic E-state index is -0.578. The standard InChI is InChI=1S/C23H25N5O3/c24-15-25-23-26-20-4-2-1-3-17(20)12-28(23)19-7-9-27(10-8-19)13-21(29)16-5-6-18-14-30-31-22(18)11-16/h1-6,11,19,21,29H,7-10,12-14H2,(H,25,26). The van der Waals surface area contributed by atoms with Crippen LogP contribution < -0.4 is 10.2 Å². The van der Waals surface area contributed by atoms with Gasteiger partial charge in [-0.05, 0) is 36.1 Å². The van der Waals surface area contributed by atoms with Crippen molar-refractivity contribution in [3.63, 3.8) is 0 Å². The number of fused-ring (bicyclic) bond motifs is 2. The number of nitrogens with zero attached hydrogens (tertiary/aromatic N) is 4. The smallest absolute Gasteiger partial charge is 0.213 e. The van der Waals surface area contributed by atoms with Gasteiger partial charge in [-0.2, -0.15) is 10.1 Å². The van der Waals surface area contributed by atoms with E-state index in [-0.39, 0.29) is 0 Å². The summed E-state index contributed by atoms with van der Waals surface area (Å²) in [6.45, 7) is 3.53. The predicted octanol–water partition coefficient (Wildman–Crippen LogP) is 2.58. The Morgan fingerprint density at radius 1 is 1.19 bits per heavy atom. The lowest BCUT2D eigenvalue weighted by Gasteiger charge is -2.41. The molecule has 1 unspecified atom stereocenters. The predicted molar refractivity (Wildman–Crippen MR) is 114 cm³/mol. The Balaban J connectivity index is 1.21. The van der Waals surface area contributed by atoms with Crippen LogP contribution in [0.2, 0.25) is 0 Å². The first-order valence-corrected chi connectivity index (χ1v) is 10.6. The van der Waals surface area contributed by atoms with E-state index in [4.69, 9.17) is 15.0 Å². The van der Waals surface area contributed by atoms with E-state index in [0.717, 1.165) is 49.3 Å². The van der Waals surface area contributed by atoms with E-state index >= 15 is 0 Å². The molecule has 2 N–H and O–H groups in total. The van der Waals surface area contributed by atoms with E-state index in [1.165, 1.54) is 5.56 Å². The van der Waals surface area contributed by atoms with Gasteiger partial charge in [-0.25, -0.2) is 4.99 Å². The molecule has 8 heteroatoms. The van der Waals surface area contributed by atoms with Crippen molar-refractivity contribution in [2.24, 2.45) is 4.99 Å². The number of β-amino-alcohol motifs (C(OH)–C–C–N with tert-alkyl or cyclic N) is 1. The van der Waals surface area contributed by atoms with Crippen LogP contribution in [-0.2, 0) is 18.0 Å². The van der Waals surface area contributed by atoms with Gasteiger partial charge in [0.1, 0.15) is 6.61 Å². The van der Waals surface area contributed by atoms with Gasteiger partial charge in [-0.1, -0.05) is 30.3 Å². The number of para-hydroxylation sites is 1. The third-order valence-electron chi connectivity index (χ3n) is 6.27. The number of rotatable bonds is 4. The maximum Gasteiger partial charge on any atom is 0.213 e. The molecule has 31 heavy (non-hydrogen) atoms. The molecule has 0 aliphatic carbocycles. The zero-order valence-electron chi connectivity index (χ0n) is 17.2. The zero-order valence-corrected chi connectivity index (χ0v) is 17.2. The van der Waals surface area contributed by atoms with E-state index in [1.807, 2.05) is 42.6 Å². The van der Waals surface area contributed by atoms with Crippen molar-refractivity contribution in [1.82, 2.24) is 15.1 Å². The van der Waals surface area contributed by atoms with Crippen LogP contribution >= 0.6 is 0 Å². The highest BCUT2D eigenvalue weighted by Crippen LogP contribution is 2.31. The molecule has 8 nitrogen and oxygen atoms in total. The molecule has 3 aliphatic rings. The summed E-state index contributed by atoms with van der Waals surface area (Å²) in [6.07, 6.45) is 3.34. The van der Waals surface area contributed by atoms with Crippen molar-refractivity contribution in [3.8, 4) is 11.9 Å². The number of benzene rings is 2. The number of guanidine groups is 1. The van der Waals surface area contributed by atoms with E-state index < -0.39 is 6.10 Å². The minimum Gasteiger partial charge on any atom is -0.387 e. The molecule has 3 aliphatic heterocycles. The molecule has 2 aromatic rings.